The minimum atomic E-state index is -0.153. The minimum Gasteiger partial charge on any atom is -0.481 e. The van der Waals surface area contributed by atoms with Crippen LogP contribution in [0.4, 0.5) is 11.4 Å². The van der Waals surface area contributed by atoms with Crippen molar-refractivity contribution in [3.63, 3.8) is 0 Å². The Balaban J connectivity index is 1.94. The fourth-order valence-corrected chi connectivity index (χ4v) is 1.94. The van der Waals surface area contributed by atoms with E-state index in [0.717, 1.165) is 0 Å². The predicted octanol–water partition coefficient (Wildman–Crippen LogP) is 0.886. The minimum absolute atomic E-state index is 0.0205. The number of aryl methyl sites for hydroxylation is 1. The van der Waals surface area contributed by atoms with E-state index in [1.54, 1.807) is 30.0 Å². The maximum Gasteiger partial charge on any atom is 0.265 e. The van der Waals surface area contributed by atoms with E-state index in [9.17, 15) is 4.79 Å². The molecule has 0 aliphatic carbocycles. The summed E-state index contributed by atoms with van der Waals surface area (Å²) in [6.07, 6.45) is 0. The first-order chi connectivity index (χ1) is 9.13. The third-order valence-corrected chi connectivity index (χ3v) is 2.80. The van der Waals surface area contributed by atoms with Crippen molar-refractivity contribution in [2.24, 2.45) is 0 Å². The van der Waals surface area contributed by atoms with E-state index >= 15 is 0 Å². The summed E-state index contributed by atoms with van der Waals surface area (Å²) in [7, 11) is 0. The first-order valence-corrected chi connectivity index (χ1v) is 5.75. The number of amides is 1. The van der Waals surface area contributed by atoms with Gasteiger partial charge in [-0.05, 0) is 12.1 Å². The molecule has 1 aliphatic rings. The first-order valence-electron chi connectivity index (χ1n) is 5.75. The van der Waals surface area contributed by atoms with Crippen LogP contribution in [0.25, 0.3) is 0 Å². The van der Waals surface area contributed by atoms with Crippen LogP contribution in [0.1, 0.15) is 11.7 Å². The van der Waals surface area contributed by atoms with Crippen LogP contribution in [-0.4, -0.2) is 22.7 Å². The van der Waals surface area contributed by atoms with Gasteiger partial charge in [0.2, 0.25) is 5.89 Å². The Morgan fingerprint density at radius 1 is 1.47 bits per heavy atom. The maximum absolute atomic E-state index is 11.9. The van der Waals surface area contributed by atoms with E-state index in [1.807, 2.05) is 0 Å². The third kappa shape index (κ3) is 2.10. The van der Waals surface area contributed by atoms with Crippen molar-refractivity contribution in [2.45, 2.75) is 13.5 Å². The number of carbonyl (C=O) groups excluding carboxylic acids is 1. The van der Waals surface area contributed by atoms with Crippen LogP contribution in [0.3, 0.4) is 0 Å². The Kier molecular flexibility index (Phi) is 2.59. The molecule has 1 amide bonds. The molecule has 1 aliphatic heterocycles. The van der Waals surface area contributed by atoms with Crippen LogP contribution >= 0.6 is 0 Å². The lowest BCUT2D eigenvalue weighted by molar-refractivity contribution is -0.121. The lowest BCUT2D eigenvalue weighted by Gasteiger charge is -2.28. The highest BCUT2D eigenvalue weighted by Crippen LogP contribution is 2.34. The van der Waals surface area contributed by atoms with Crippen LogP contribution in [0, 0.1) is 6.92 Å². The molecule has 0 bridgehead atoms. The number of benzene rings is 1. The number of nitrogen functional groups attached to an aromatic ring is 1. The van der Waals surface area contributed by atoms with Crippen LogP contribution in [0.5, 0.6) is 5.75 Å². The van der Waals surface area contributed by atoms with Gasteiger partial charge in [-0.2, -0.15) is 4.98 Å². The molecule has 7 nitrogen and oxygen atoms in total. The second-order valence-electron chi connectivity index (χ2n) is 4.23. The molecule has 1 aromatic heterocycles. The molecule has 2 heterocycles. The SMILES string of the molecule is Cc1nc(CN2C(=O)COc3cc(N)ccc32)no1. The van der Waals surface area contributed by atoms with E-state index < -0.39 is 0 Å². The van der Waals surface area contributed by atoms with E-state index in [0.29, 0.717) is 28.8 Å². The molecule has 0 saturated carbocycles. The zero-order chi connectivity index (χ0) is 13.4. The summed E-state index contributed by atoms with van der Waals surface area (Å²) in [6.45, 7) is 1.93. The van der Waals surface area contributed by atoms with Gasteiger partial charge in [0.15, 0.2) is 12.4 Å². The molecule has 0 unspecified atom stereocenters. The number of anilines is 2. The smallest absolute Gasteiger partial charge is 0.265 e. The van der Waals surface area contributed by atoms with Crippen LogP contribution in [-0.2, 0) is 11.3 Å². The summed E-state index contributed by atoms with van der Waals surface area (Å²) < 4.78 is 10.3. The number of fused-ring (bicyclic) bond motifs is 1. The van der Waals surface area contributed by atoms with Crippen molar-refractivity contribution in [1.29, 1.82) is 0 Å². The highest BCUT2D eigenvalue weighted by Gasteiger charge is 2.26. The zero-order valence-corrected chi connectivity index (χ0v) is 10.3. The summed E-state index contributed by atoms with van der Waals surface area (Å²) in [5.74, 6) is 1.35. The molecule has 0 fully saturated rings. The number of rotatable bonds is 2. The summed E-state index contributed by atoms with van der Waals surface area (Å²) in [4.78, 5) is 17.6. The van der Waals surface area contributed by atoms with Gasteiger partial charge in [-0.25, -0.2) is 0 Å². The topological polar surface area (TPSA) is 94.5 Å². The molecular formula is C12H12N4O3. The second-order valence-corrected chi connectivity index (χ2v) is 4.23. The van der Waals surface area contributed by atoms with Crippen molar-refractivity contribution in [2.75, 3.05) is 17.2 Å². The number of carbonyl (C=O) groups is 1. The van der Waals surface area contributed by atoms with Crippen molar-refractivity contribution in [3.05, 3.63) is 29.9 Å². The second kappa shape index (κ2) is 4.27. The fourth-order valence-electron chi connectivity index (χ4n) is 1.94. The third-order valence-electron chi connectivity index (χ3n) is 2.80. The zero-order valence-electron chi connectivity index (χ0n) is 10.3. The van der Waals surface area contributed by atoms with Gasteiger partial charge in [0.1, 0.15) is 5.75 Å². The summed E-state index contributed by atoms with van der Waals surface area (Å²) in [5.41, 5.74) is 6.94. The number of nitrogens with zero attached hydrogens (tertiary/aromatic N) is 3. The molecule has 0 saturated heterocycles. The van der Waals surface area contributed by atoms with Crippen molar-refractivity contribution >= 4 is 17.3 Å². The van der Waals surface area contributed by atoms with Gasteiger partial charge < -0.3 is 15.0 Å². The Hall–Kier alpha value is -2.57. The average molecular weight is 260 g/mol. The molecule has 3 rings (SSSR count). The molecule has 0 atom stereocenters. The van der Waals surface area contributed by atoms with E-state index in [1.165, 1.54) is 0 Å². The van der Waals surface area contributed by atoms with Gasteiger partial charge in [0.25, 0.3) is 5.91 Å². The van der Waals surface area contributed by atoms with Gasteiger partial charge in [-0.3, -0.25) is 9.69 Å². The van der Waals surface area contributed by atoms with Gasteiger partial charge in [0, 0.05) is 18.7 Å². The predicted molar refractivity (Wildman–Crippen MR) is 66.6 cm³/mol. The number of aromatic nitrogens is 2. The summed E-state index contributed by atoms with van der Waals surface area (Å²) >= 11 is 0. The Morgan fingerprint density at radius 2 is 2.32 bits per heavy atom. The molecule has 0 radical (unpaired) electrons. The summed E-state index contributed by atoms with van der Waals surface area (Å²) in [5, 5.41) is 3.79. The van der Waals surface area contributed by atoms with Crippen molar-refractivity contribution in [3.8, 4) is 5.75 Å². The molecule has 0 spiro atoms. The lowest BCUT2D eigenvalue weighted by atomic mass is 10.2. The highest BCUT2D eigenvalue weighted by molar-refractivity contribution is 5.97. The highest BCUT2D eigenvalue weighted by atomic mass is 16.5. The van der Waals surface area contributed by atoms with Gasteiger partial charge >= 0.3 is 0 Å². The van der Waals surface area contributed by atoms with Crippen molar-refractivity contribution < 1.29 is 14.1 Å². The first kappa shape index (κ1) is 11.5. The Morgan fingerprint density at radius 3 is 3.05 bits per heavy atom. The van der Waals surface area contributed by atoms with Crippen LogP contribution in [0.15, 0.2) is 22.7 Å². The molecule has 98 valence electrons. The number of hydrogen-bond donors (Lipinski definition) is 1. The van der Waals surface area contributed by atoms with E-state index in [-0.39, 0.29) is 19.1 Å². The Bertz CT molecular complexity index is 638. The van der Waals surface area contributed by atoms with Gasteiger partial charge in [0.05, 0.1) is 12.2 Å². The normalized spacial score (nSPS) is 14.2. The van der Waals surface area contributed by atoms with Gasteiger partial charge in [-0.1, -0.05) is 5.16 Å². The number of hydrogen-bond acceptors (Lipinski definition) is 6. The molecule has 1 aromatic carbocycles. The maximum atomic E-state index is 11.9. The van der Waals surface area contributed by atoms with Crippen LogP contribution in [0.2, 0.25) is 0 Å². The molecule has 2 N–H and O–H groups in total. The quantitative estimate of drug-likeness (QED) is 0.806. The van der Waals surface area contributed by atoms with E-state index in [2.05, 4.69) is 10.1 Å². The van der Waals surface area contributed by atoms with Crippen molar-refractivity contribution in [1.82, 2.24) is 10.1 Å². The number of nitrogens with two attached hydrogens (primary N) is 1. The van der Waals surface area contributed by atoms with E-state index in [4.69, 9.17) is 15.0 Å². The standard InChI is InChI=1S/C12H12N4O3/c1-7-14-11(15-19-7)5-16-9-3-2-8(13)4-10(9)18-6-12(16)17/h2-4H,5-6,13H2,1H3. The molecule has 7 heteroatoms. The fraction of sp³-hybridized carbons (Fsp3) is 0.250. The average Bonchev–Trinajstić information content (AvgIpc) is 2.78. The Labute approximate surface area is 109 Å². The summed E-state index contributed by atoms with van der Waals surface area (Å²) in [6, 6.07) is 5.15. The van der Waals surface area contributed by atoms with Gasteiger partial charge in [-0.15, -0.1) is 0 Å². The van der Waals surface area contributed by atoms with Crippen LogP contribution < -0.4 is 15.4 Å². The largest absolute Gasteiger partial charge is 0.481 e. The molecule has 19 heavy (non-hydrogen) atoms. The number of ether oxygens (including phenoxy) is 1. The molecular weight excluding hydrogens is 248 g/mol. The molecule has 2 aromatic rings. The lowest BCUT2D eigenvalue weighted by Crippen LogP contribution is -2.38. The monoisotopic (exact) mass is 260 g/mol.